The first-order chi connectivity index (χ1) is 7.84. The van der Waals surface area contributed by atoms with E-state index in [4.69, 9.17) is 0 Å². The fraction of sp³-hybridized carbons (Fsp3) is 0.0769. The van der Waals surface area contributed by atoms with Crippen molar-refractivity contribution in [2.24, 2.45) is 0 Å². The molecule has 0 saturated carbocycles. The van der Waals surface area contributed by atoms with E-state index in [2.05, 4.69) is 23.1 Å². The summed E-state index contributed by atoms with van der Waals surface area (Å²) in [6.45, 7) is 2.07. The summed E-state index contributed by atoms with van der Waals surface area (Å²) in [4.78, 5) is 4.50. The summed E-state index contributed by atoms with van der Waals surface area (Å²) >= 11 is 0. The second kappa shape index (κ2) is 3.45. The monoisotopic (exact) mass is 209 g/mol. The van der Waals surface area contributed by atoms with Crippen LogP contribution in [0.15, 0.2) is 48.7 Å². The van der Waals surface area contributed by atoms with Gasteiger partial charge in [-0.25, -0.2) is 9.50 Å². The molecule has 3 nitrogen and oxygen atoms in total. The van der Waals surface area contributed by atoms with Gasteiger partial charge in [-0.1, -0.05) is 30.3 Å². The predicted octanol–water partition coefficient (Wildman–Crippen LogP) is 2.70. The average Bonchev–Trinajstić information content (AvgIpc) is 2.73. The maximum Gasteiger partial charge on any atom is 0.182 e. The molecule has 1 aromatic carbocycles. The van der Waals surface area contributed by atoms with E-state index >= 15 is 0 Å². The van der Waals surface area contributed by atoms with Crippen LogP contribution in [0.4, 0.5) is 0 Å². The molecule has 0 N–H and O–H groups in total. The summed E-state index contributed by atoms with van der Waals surface area (Å²) in [5, 5.41) is 4.45. The van der Waals surface area contributed by atoms with Crippen molar-refractivity contribution in [2.45, 2.75) is 6.92 Å². The van der Waals surface area contributed by atoms with Crippen LogP contribution in [0.1, 0.15) is 5.56 Å². The molecule has 0 aliphatic rings. The number of fused-ring (bicyclic) bond motifs is 1. The first-order valence-corrected chi connectivity index (χ1v) is 5.22. The van der Waals surface area contributed by atoms with E-state index in [1.807, 2.05) is 42.6 Å². The minimum absolute atomic E-state index is 0.782. The standard InChI is InChI=1S/C13H11N3/c1-10-6-2-3-7-11(10)13-14-12-8-4-5-9-16(12)15-13/h2-9H,1H3. The van der Waals surface area contributed by atoms with Gasteiger partial charge in [-0.05, 0) is 24.6 Å². The Kier molecular flexibility index (Phi) is 1.96. The SMILES string of the molecule is Cc1ccccc1-c1nc2ccccn2n1. The zero-order valence-electron chi connectivity index (χ0n) is 8.96. The first kappa shape index (κ1) is 9.09. The highest BCUT2D eigenvalue weighted by Crippen LogP contribution is 2.19. The highest BCUT2D eigenvalue weighted by Gasteiger charge is 2.07. The molecule has 3 rings (SSSR count). The van der Waals surface area contributed by atoms with Gasteiger partial charge in [0.05, 0.1) is 0 Å². The molecule has 0 bridgehead atoms. The van der Waals surface area contributed by atoms with Crippen molar-refractivity contribution in [3.8, 4) is 11.4 Å². The number of hydrogen-bond donors (Lipinski definition) is 0. The van der Waals surface area contributed by atoms with Gasteiger partial charge < -0.3 is 0 Å². The van der Waals surface area contributed by atoms with Gasteiger partial charge in [0, 0.05) is 11.8 Å². The van der Waals surface area contributed by atoms with Crippen molar-refractivity contribution in [2.75, 3.05) is 0 Å². The van der Waals surface area contributed by atoms with Crippen LogP contribution in [-0.2, 0) is 0 Å². The van der Waals surface area contributed by atoms with Gasteiger partial charge in [-0.3, -0.25) is 0 Å². The molecule has 0 saturated heterocycles. The van der Waals surface area contributed by atoms with E-state index in [9.17, 15) is 0 Å². The minimum Gasteiger partial charge on any atom is -0.221 e. The van der Waals surface area contributed by atoms with Crippen molar-refractivity contribution in [3.05, 3.63) is 54.2 Å². The van der Waals surface area contributed by atoms with Crippen LogP contribution < -0.4 is 0 Å². The topological polar surface area (TPSA) is 30.2 Å². The molecule has 16 heavy (non-hydrogen) atoms. The molecule has 0 atom stereocenters. The van der Waals surface area contributed by atoms with E-state index in [0.717, 1.165) is 17.0 Å². The van der Waals surface area contributed by atoms with Gasteiger partial charge in [-0.15, -0.1) is 5.10 Å². The van der Waals surface area contributed by atoms with Crippen LogP contribution in [0, 0.1) is 6.92 Å². The second-order valence-electron chi connectivity index (χ2n) is 3.75. The van der Waals surface area contributed by atoms with Crippen LogP contribution in [0.3, 0.4) is 0 Å². The van der Waals surface area contributed by atoms with Crippen LogP contribution in [-0.4, -0.2) is 14.6 Å². The Morgan fingerprint density at radius 1 is 1.00 bits per heavy atom. The summed E-state index contributed by atoms with van der Waals surface area (Å²) in [6, 6.07) is 14.0. The van der Waals surface area contributed by atoms with Crippen molar-refractivity contribution in [3.63, 3.8) is 0 Å². The molecule has 0 unspecified atom stereocenters. The van der Waals surface area contributed by atoms with Gasteiger partial charge in [-0.2, -0.15) is 0 Å². The zero-order valence-corrected chi connectivity index (χ0v) is 8.96. The Morgan fingerprint density at radius 3 is 2.62 bits per heavy atom. The number of benzene rings is 1. The maximum absolute atomic E-state index is 4.50. The molecule has 0 aliphatic carbocycles. The molecule has 3 heteroatoms. The van der Waals surface area contributed by atoms with Crippen LogP contribution >= 0.6 is 0 Å². The number of rotatable bonds is 1. The number of nitrogens with zero attached hydrogens (tertiary/aromatic N) is 3. The van der Waals surface area contributed by atoms with Gasteiger partial charge in [0.25, 0.3) is 0 Å². The fourth-order valence-electron chi connectivity index (χ4n) is 1.77. The number of hydrogen-bond acceptors (Lipinski definition) is 2. The highest BCUT2D eigenvalue weighted by molar-refractivity contribution is 5.61. The normalized spacial score (nSPS) is 10.8. The Morgan fingerprint density at radius 2 is 1.81 bits per heavy atom. The molecular formula is C13H11N3. The van der Waals surface area contributed by atoms with Gasteiger partial charge >= 0.3 is 0 Å². The Labute approximate surface area is 93.4 Å². The van der Waals surface area contributed by atoms with Gasteiger partial charge in [0.15, 0.2) is 11.5 Å². The van der Waals surface area contributed by atoms with E-state index in [1.54, 1.807) is 4.52 Å². The maximum atomic E-state index is 4.50. The second-order valence-corrected chi connectivity index (χ2v) is 3.75. The largest absolute Gasteiger partial charge is 0.221 e. The van der Waals surface area contributed by atoms with E-state index < -0.39 is 0 Å². The summed E-state index contributed by atoms with van der Waals surface area (Å²) in [5.41, 5.74) is 3.16. The third-order valence-corrected chi connectivity index (χ3v) is 2.63. The molecule has 3 aromatic rings. The lowest BCUT2D eigenvalue weighted by Gasteiger charge is -1.98. The third kappa shape index (κ3) is 1.37. The van der Waals surface area contributed by atoms with Crippen molar-refractivity contribution < 1.29 is 0 Å². The molecule has 2 aromatic heterocycles. The Hall–Kier alpha value is -2.16. The Balaban J connectivity index is 2.23. The fourth-order valence-corrected chi connectivity index (χ4v) is 1.77. The van der Waals surface area contributed by atoms with Crippen molar-refractivity contribution in [1.29, 1.82) is 0 Å². The van der Waals surface area contributed by atoms with Gasteiger partial charge in [0.2, 0.25) is 0 Å². The molecule has 0 spiro atoms. The average molecular weight is 209 g/mol. The molecule has 0 amide bonds. The molecular weight excluding hydrogens is 198 g/mol. The zero-order chi connectivity index (χ0) is 11.0. The summed E-state index contributed by atoms with van der Waals surface area (Å²) in [7, 11) is 0. The smallest absolute Gasteiger partial charge is 0.182 e. The molecule has 2 heterocycles. The minimum atomic E-state index is 0.782. The number of aromatic nitrogens is 3. The summed E-state index contributed by atoms with van der Waals surface area (Å²) in [5.74, 6) is 0.782. The Bertz CT molecular complexity index is 607. The molecule has 0 aliphatic heterocycles. The highest BCUT2D eigenvalue weighted by atomic mass is 15.3. The number of pyridine rings is 1. The lowest BCUT2D eigenvalue weighted by atomic mass is 10.1. The van der Waals surface area contributed by atoms with Crippen molar-refractivity contribution in [1.82, 2.24) is 14.6 Å². The van der Waals surface area contributed by atoms with Crippen LogP contribution in [0.5, 0.6) is 0 Å². The van der Waals surface area contributed by atoms with Crippen molar-refractivity contribution >= 4 is 5.65 Å². The lowest BCUT2D eigenvalue weighted by molar-refractivity contribution is 0.965. The van der Waals surface area contributed by atoms with E-state index in [-0.39, 0.29) is 0 Å². The molecule has 0 fully saturated rings. The third-order valence-electron chi connectivity index (χ3n) is 2.63. The molecule has 78 valence electrons. The summed E-state index contributed by atoms with van der Waals surface area (Å²) in [6.07, 6.45) is 1.91. The molecule has 0 radical (unpaired) electrons. The van der Waals surface area contributed by atoms with Crippen LogP contribution in [0.25, 0.3) is 17.0 Å². The number of aryl methyl sites for hydroxylation is 1. The van der Waals surface area contributed by atoms with Gasteiger partial charge in [0.1, 0.15) is 0 Å². The van der Waals surface area contributed by atoms with Crippen LogP contribution in [0.2, 0.25) is 0 Å². The predicted molar refractivity (Wildman–Crippen MR) is 63.2 cm³/mol. The lowest BCUT2D eigenvalue weighted by Crippen LogP contribution is -1.86. The van der Waals surface area contributed by atoms with E-state index in [1.165, 1.54) is 5.56 Å². The van der Waals surface area contributed by atoms with E-state index in [0.29, 0.717) is 0 Å². The summed E-state index contributed by atoms with van der Waals surface area (Å²) < 4.78 is 1.79. The first-order valence-electron chi connectivity index (χ1n) is 5.22. The quantitative estimate of drug-likeness (QED) is 0.616.